The van der Waals surface area contributed by atoms with E-state index in [1.54, 1.807) is 0 Å². The molecule has 0 heterocycles. The Morgan fingerprint density at radius 1 is 0.792 bits per heavy atom. The number of nitrogens with one attached hydrogen (secondary N) is 1. The summed E-state index contributed by atoms with van der Waals surface area (Å²) in [6.45, 7) is -0.306. The molecule has 1 fully saturated rings. The van der Waals surface area contributed by atoms with E-state index in [-0.39, 0.29) is 32.3 Å². The van der Waals surface area contributed by atoms with E-state index in [9.17, 15) is 9.59 Å². The third-order valence-electron chi connectivity index (χ3n) is 4.66. The molecular weight excluding hydrogens is 308 g/mol. The Morgan fingerprint density at radius 2 is 1.21 bits per heavy atom. The zero-order valence-corrected chi connectivity index (χ0v) is 14.8. The number of carbonyl (C=O) groups excluding carboxylic acids is 2. The monoisotopic (exact) mass is 342 g/mol. The molecule has 0 bridgehead atoms. The van der Waals surface area contributed by atoms with Gasteiger partial charge in [0.15, 0.2) is 0 Å². The van der Waals surface area contributed by atoms with Crippen molar-refractivity contribution in [3.63, 3.8) is 0 Å². The molecule has 2 amide bonds. The highest BCUT2D eigenvalue weighted by Gasteiger charge is 2.23. The Bertz CT molecular complexity index is 345. The summed E-state index contributed by atoms with van der Waals surface area (Å²) in [5.74, 6) is -1.28. The topological polar surface area (TPSA) is 89.9 Å². The predicted octanol–water partition coefficient (Wildman–Crippen LogP) is 1.59. The second kappa shape index (κ2) is 13.2. The number of hydrogen-bond acceptors (Lipinski definition) is 4. The van der Waals surface area contributed by atoms with Crippen molar-refractivity contribution in [1.29, 1.82) is 0 Å². The number of aliphatic hydroxyl groups excluding tert-OH is 2. The van der Waals surface area contributed by atoms with Crippen molar-refractivity contribution < 1.29 is 19.8 Å². The van der Waals surface area contributed by atoms with Gasteiger partial charge in [0.1, 0.15) is 0 Å². The minimum absolute atomic E-state index is 0.0472. The lowest BCUT2D eigenvalue weighted by Gasteiger charge is -2.23. The van der Waals surface area contributed by atoms with Gasteiger partial charge in [0.05, 0.1) is 13.2 Å². The molecule has 1 aliphatic carbocycles. The van der Waals surface area contributed by atoms with Crippen molar-refractivity contribution in [2.24, 2.45) is 0 Å². The van der Waals surface area contributed by atoms with Crippen LogP contribution in [0.1, 0.15) is 70.6 Å². The van der Waals surface area contributed by atoms with Crippen molar-refractivity contribution in [1.82, 2.24) is 10.2 Å². The molecule has 0 unspecified atom stereocenters. The van der Waals surface area contributed by atoms with Crippen molar-refractivity contribution in [3.8, 4) is 0 Å². The minimum Gasteiger partial charge on any atom is -0.395 e. The Balaban J connectivity index is 2.50. The summed E-state index contributed by atoms with van der Waals surface area (Å²) in [5.41, 5.74) is 0. The van der Waals surface area contributed by atoms with Gasteiger partial charge >= 0.3 is 11.8 Å². The highest BCUT2D eigenvalue weighted by molar-refractivity contribution is 6.35. The van der Waals surface area contributed by atoms with E-state index >= 15 is 0 Å². The van der Waals surface area contributed by atoms with E-state index in [4.69, 9.17) is 10.2 Å². The average molecular weight is 342 g/mol. The van der Waals surface area contributed by atoms with Crippen LogP contribution in [0.3, 0.4) is 0 Å². The molecule has 1 rings (SSSR count). The molecule has 6 heteroatoms. The molecule has 140 valence electrons. The molecule has 1 saturated carbocycles. The van der Waals surface area contributed by atoms with Gasteiger partial charge in [0, 0.05) is 19.1 Å². The van der Waals surface area contributed by atoms with Crippen LogP contribution in [0.4, 0.5) is 0 Å². The van der Waals surface area contributed by atoms with Crippen LogP contribution in [0, 0.1) is 0 Å². The van der Waals surface area contributed by atoms with Crippen LogP contribution in [0.5, 0.6) is 0 Å². The molecule has 6 nitrogen and oxygen atoms in total. The summed E-state index contributed by atoms with van der Waals surface area (Å²) in [5, 5.41) is 20.8. The van der Waals surface area contributed by atoms with Crippen LogP contribution in [0.15, 0.2) is 0 Å². The van der Waals surface area contributed by atoms with Gasteiger partial charge in [-0.05, 0) is 12.8 Å². The van der Waals surface area contributed by atoms with E-state index in [0.29, 0.717) is 0 Å². The predicted molar refractivity (Wildman–Crippen MR) is 93.5 cm³/mol. The Morgan fingerprint density at radius 3 is 1.62 bits per heavy atom. The van der Waals surface area contributed by atoms with Gasteiger partial charge in [0.2, 0.25) is 0 Å². The average Bonchev–Trinajstić information content (AvgIpc) is 2.56. The van der Waals surface area contributed by atoms with Crippen LogP contribution in [-0.4, -0.2) is 59.3 Å². The maximum Gasteiger partial charge on any atom is 0.312 e. The van der Waals surface area contributed by atoms with Gasteiger partial charge in [-0.3, -0.25) is 9.59 Å². The maximum atomic E-state index is 12.2. The van der Waals surface area contributed by atoms with Gasteiger partial charge < -0.3 is 20.4 Å². The summed E-state index contributed by atoms with van der Waals surface area (Å²) in [7, 11) is 0. The van der Waals surface area contributed by atoms with Gasteiger partial charge in [-0.15, -0.1) is 0 Å². The van der Waals surface area contributed by atoms with E-state index in [2.05, 4.69) is 5.32 Å². The summed E-state index contributed by atoms with van der Waals surface area (Å²) in [6, 6.07) is 0.0472. The zero-order chi connectivity index (χ0) is 17.6. The number of carbonyl (C=O) groups is 2. The van der Waals surface area contributed by atoms with Crippen LogP contribution in [0.2, 0.25) is 0 Å². The van der Waals surface area contributed by atoms with Crippen LogP contribution >= 0.6 is 0 Å². The Hall–Kier alpha value is -1.14. The maximum absolute atomic E-state index is 12.2. The fraction of sp³-hybridized carbons (Fsp3) is 0.889. The molecule has 0 aromatic rings. The van der Waals surface area contributed by atoms with Crippen LogP contribution in [-0.2, 0) is 9.59 Å². The molecule has 0 radical (unpaired) electrons. The lowest BCUT2D eigenvalue weighted by atomic mass is 9.98. The standard InChI is InChI=1S/C18H34N2O4/c21-14-12-20(13-15-22)18(24)17(23)19-16-10-8-6-4-2-1-3-5-7-9-11-16/h16,21-22H,1-15H2,(H,19,23). The first kappa shape index (κ1) is 20.9. The molecule has 24 heavy (non-hydrogen) atoms. The fourth-order valence-electron chi connectivity index (χ4n) is 3.25. The second-order valence-corrected chi connectivity index (χ2v) is 6.67. The summed E-state index contributed by atoms with van der Waals surface area (Å²) in [4.78, 5) is 25.6. The Labute approximate surface area is 145 Å². The normalized spacial score (nSPS) is 18.2. The summed E-state index contributed by atoms with van der Waals surface area (Å²) < 4.78 is 0. The fourth-order valence-corrected chi connectivity index (χ4v) is 3.25. The number of amides is 2. The molecule has 3 N–H and O–H groups in total. The van der Waals surface area contributed by atoms with E-state index < -0.39 is 11.8 Å². The highest BCUT2D eigenvalue weighted by Crippen LogP contribution is 2.17. The lowest BCUT2D eigenvalue weighted by molar-refractivity contribution is -0.146. The van der Waals surface area contributed by atoms with Gasteiger partial charge in [-0.1, -0.05) is 57.8 Å². The lowest BCUT2D eigenvalue weighted by Crippen LogP contribution is -2.48. The first-order chi connectivity index (χ1) is 11.7. The quantitative estimate of drug-likeness (QED) is 0.662. The smallest absolute Gasteiger partial charge is 0.312 e. The van der Waals surface area contributed by atoms with Gasteiger partial charge in [-0.25, -0.2) is 0 Å². The first-order valence-corrected chi connectivity index (χ1v) is 9.50. The van der Waals surface area contributed by atoms with Gasteiger partial charge in [0.25, 0.3) is 0 Å². The molecule has 0 spiro atoms. The molecule has 0 aromatic carbocycles. The highest BCUT2D eigenvalue weighted by atomic mass is 16.3. The third kappa shape index (κ3) is 8.64. The summed E-state index contributed by atoms with van der Waals surface area (Å²) >= 11 is 0. The molecule has 0 aliphatic heterocycles. The first-order valence-electron chi connectivity index (χ1n) is 9.50. The molecule has 1 aliphatic rings. The third-order valence-corrected chi connectivity index (χ3v) is 4.66. The van der Waals surface area contributed by atoms with Crippen LogP contribution in [0.25, 0.3) is 0 Å². The second-order valence-electron chi connectivity index (χ2n) is 6.67. The van der Waals surface area contributed by atoms with E-state index in [0.717, 1.165) is 25.7 Å². The minimum atomic E-state index is -0.663. The largest absolute Gasteiger partial charge is 0.395 e. The molecule has 0 atom stereocenters. The van der Waals surface area contributed by atoms with E-state index in [1.165, 1.54) is 49.8 Å². The van der Waals surface area contributed by atoms with Crippen molar-refractivity contribution in [2.75, 3.05) is 26.3 Å². The number of aliphatic hydroxyl groups is 2. The summed E-state index contributed by atoms with van der Waals surface area (Å²) in [6.07, 6.45) is 12.8. The van der Waals surface area contributed by atoms with Gasteiger partial charge in [-0.2, -0.15) is 0 Å². The SMILES string of the molecule is O=C(NC1CCCCCCCCCCC1)C(=O)N(CCO)CCO. The molecule has 0 aromatic heterocycles. The molecular formula is C18H34N2O4. The number of rotatable bonds is 5. The van der Waals surface area contributed by atoms with Crippen molar-refractivity contribution in [2.45, 2.75) is 76.7 Å². The van der Waals surface area contributed by atoms with E-state index in [1.807, 2.05) is 0 Å². The number of nitrogens with zero attached hydrogens (tertiary/aromatic N) is 1. The number of hydrogen-bond donors (Lipinski definition) is 3. The Kier molecular flexibility index (Phi) is 11.5. The van der Waals surface area contributed by atoms with Crippen molar-refractivity contribution in [3.05, 3.63) is 0 Å². The zero-order valence-electron chi connectivity index (χ0n) is 14.8. The van der Waals surface area contributed by atoms with Crippen LogP contribution < -0.4 is 5.32 Å². The molecule has 0 saturated heterocycles. The van der Waals surface area contributed by atoms with Crippen molar-refractivity contribution >= 4 is 11.8 Å².